The molecule has 2 aromatic carbocycles. The van der Waals surface area contributed by atoms with E-state index in [0.29, 0.717) is 18.9 Å². The molecule has 0 saturated carbocycles. The highest BCUT2D eigenvalue weighted by Gasteiger charge is 2.18. The molecule has 1 amide bonds. The van der Waals surface area contributed by atoms with Crippen LogP contribution in [0.3, 0.4) is 0 Å². The van der Waals surface area contributed by atoms with Gasteiger partial charge in [0.1, 0.15) is 18.1 Å². The van der Waals surface area contributed by atoms with Gasteiger partial charge in [-0.1, -0.05) is 57.2 Å². The van der Waals surface area contributed by atoms with Crippen LogP contribution in [-0.2, 0) is 10.2 Å². The van der Waals surface area contributed by atoms with Crippen LogP contribution in [0, 0.1) is 0 Å². The molecule has 0 fully saturated rings. The molecule has 0 bridgehead atoms. The summed E-state index contributed by atoms with van der Waals surface area (Å²) in [7, 11) is 0. The minimum Gasteiger partial charge on any atom is -0.491 e. The summed E-state index contributed by atoms with van der Waals surface area (Å²) in [5.41, 5.74) is 1.17. The van der Waals surface area contributed by atoms with Crippen LogP contribution in [0.25, 0.3) is 0 Å². The van der Waals surface area contributed by atoms with E-state index in [-0.39, 0.29) is 11.3 Å². The number of nitrogens with one attached hydrogen (secondary N) is 1. The zero-order chi connectivity index (χ0) is 18.3. The fourth-order valence-electron chi connectivity index (χ4n) is 2.45. The Morgan fingerprint density at radius 1 is 1.04 bits per heavy atom. The van der Waals surface area contributed by atoms with Gasteiger partial charge in [0.15, 0.2) is 6.10 Å². The van der Waals surface area contributed by atoms with Crippen molar-refractivity contribution in [1.82, 2.24) is 5.32 Å². The molecule has 0 saturated heterocycles. The molecule has 0 spiro atoms. The van der Waals surface area contributed by atoms with Crippen LogP contribution in [0.5, 0.6) is 11.5 Å². The van der Waals surface area contributed by atoms with Crippen LogP contribution in [0.1, 0.15) is 33.3 Å². The van der Waals surface area contributed by atoms with Gasteiger partial charge in [0, 0.05) is 0 Å². The van der Waals surface area contributed by atoms with E-state index in [2.05, 4.69) is 32.2 Å². The Bertz CT molecular complexity index is 677. The molecule has 134 valence electrons. The van der Waals surface area contributed by atoms with E-state index in [4.69, 9.17) is 9.47 Å². The summed E-state index contributed by atoms with van der Waals surface area (Å²) < 4.78 is 11.5. The number of rotatable bonds is 7. The Balaban J connectivity index is 1.79. The van der Waals surface area contributed by atoms with Crippen LogP contribution in [-0.4, -0.2) is 25.2 Å². The van der Waals surface area contributed by atoms with Crippen molar-refractivity contribution in [2.75, 3.05) is 13.2 Å². The number of para-hydroxylation sites is 2. The van der Waals surface area contributed by atoms with Crippen molar-refractivity contribution in [2.45, 2.75) is 39.2 Å². The largest absolute Gasteiger partial charge is 0.491 e. The predicted molar refractivity (Wildman–Crippen MR) is 100 cm³/mol. The molecule has 0 aliphatic rings. The van der Waals surface area contributed by atoms with Crippen LogP contribution in [0.15, 0.2) is 54.6 Å². The van der Waals surface area contributed by atoms with Crippen LogP contribution in [0.2, 0.25) is 0 Å². The van der Waals surface area contributed by atoms with Crippen molar-refractivity contribution in [1.29, 1.82) is 0 Å². The van der Waals surface area contributed by atoms with Gasteiger partial charge in [-0.3, -0.25) is 4.79 Å². The molecule has 2 rings (SSSR count). The lowest BCUT2D eigenvalue weighted by Crippen LogP contribution is -2.38. The van der Waals surface area contributed by atoms with Gasteiger partial charge in [-0.05, 0) is 36.1 Å². The second-order valence-electron chi connectivity index (χ2n) is 6.96. The van der Waals surface area contributed by atoms with Crippen LogP contribution >= 0.6 is 0 Å². The maximum atomic E-state index is 12.1. The molecule has 0 aliphatic carbocycles. The maximum Gasteiger partial charge on any atom is 0.260 e. The molecule has 0 heterocycles. The highest BCUT2D eigenvalue weighted by atomic mass is 16.5. The van der Waals surface area contributed by atoms with Crippen molar-refractivity contribution < 1.29 is 14.3 Å². The Labute approximate surface area is 150 Å². The predicted octanol–water partition coefficient (Wildman–Crippen LogP) is 3.95. The summed E-state index contributed by atoms with van der Waals surface area (Å²) in [6.07, 6.45) is -0.552. The zero-order valence-electron chi connectivity index (χ0n) is 15.4. The molecule has 1 atom stereocenters. The highest BCUT2D eigenvalue weighted by Crippen LogP contribution is 2.30. The van der Waals surface area contributed by atoms with E-state index in [0.717, 1.165) is 11.3 Å². The van der Waals surface area contributed by atoms with Crippen molar-refractivity contribution in [3.8, 4) is 11.5 Å². The molecule has 0 aromatic heterocycles. The third-order valence-electron chi connectivity index (χ3n) is 3.78. The highest BCUT2D eigenvalue weighted by molar-refractivity contribution is 5.80. The first-order valence-electron chi connectivity index (χ1n) is 8.59. The number of ether oxygens (including phenoxy) is 2. The Morgan fingerprint density at radius 3 is 2.36 bits per heavy atom. The smallest absolute Gasteiger partial charge is 0.260 e. The monoisotopic (exact) mass is 341 g/mol. The summed E-state index contributed by atoms with van der Waals surface area (Å²) in [6, 6.07) is 17.3. The fourth-order valence-corrected chi connectivity index (χ4v) is 2.45. The summed E-state index contributed by atoms with van der Waals surface area (Å²) in [4.78, 5) is 12.1. The average molecular weight is 341 g/mol. The number of carbonyl (C=O) groups is 1. The quantitative estimate of drug-likeness (QED) is 0.776. The van der Waals surface area contributed by atoms with E-state index in [1.807, 2.05) is 48.5 Å². The van der Waals surface area contributed by atoms with Crippen molar-refractivity contribution in [3.05, 3.63) is 60.2 Å². The summed E-state index contributed by atoms with van der Waals surface area (Å²) in [5, 5.41) is 2.84. The topological polar surface area (TPSA) is 47.6 Å². The third-order valence-corrected chi connectivity index (χ3v) is 3.78. The van der Waals surface area contributed by atoms with E-state index >= 15 is 0 Å². The van der Waals surface area contributed by atoms with Gasteiger partial charge < -0.3 is 14.8 Å². The van der Waals surface area contributed by atoms with Crippen molar-refractivity contribution in [2.24, 2.45) is 0 Å². The Hall–Kier alpha value is -2.49. The van der Waals surface area contributed by atoms with E-state index in [1.54, 1.807) is 6.92 Å². The van der Waals surface area contributed by atoms with Crippen LogP contribution < -0.4 is 14.8 Å². The Morgan fingerprint density at radius 2 is 1.68 bits per heavy atom. The van der Waals surface area contributed by atoms with Gasteiger partial charge in [0.25, 0.3) is 5.91 Å². The number of carbonyl (C=O) groups excluding carboxylic acids is 1. The first kappa shape index (κ1) is 18.8. The lowest BCUT2D eigenvalue weighted by atomic mass is 9.86. The molecule has 1 N–H and O–H groups in total. The normalized spacial score (nSPS) is 12.3. The Kier molecular flexibility index (Phi) is 6.45. The number of hydrogen-bond acceptors (Lipinski definition) is 3. The number of benzene rings is 2. The molecule has 0 unspecified atom stereocenters. The molecule has 4 nitrogen and oxygen atoms in total. The summed E-state index contributed by atoms with van der Waals surface area (Å²) >= 11 is 0. The molecule has 0 radical (unpaired) electrons. The van der Waals surface area contributed by atoms with Crippen molar-refractivity contribution >= 4 is 5.91 Å². The first-order chi connectivity index (χ1) is 11.9. The van der Waals surface area contributed by atoms with Gasteiger partial charge in [-0.2, -0.15) is 0 Å². The second kappa shape index (κ2) is 8.56. The fraction of sp³-hybridized carbons (Fsp3) is 0.381. The van der Waals surface area contributed by atoms with Gasteiger partial charge in [0.2, 0.25) is 0 Å². The lowest BCUT2D eigenvalue weighted by molar-refractivity contribution is -0.127. The minimum atomic E-state index is -0.552. The zero-order valence-corrected chi connectivity index (χ0v) is 15.4. The second-order valence-corrected chi connectivity index (χ2v) is 6.96. The molecule has 0 aliphatic heterocycles. The van der Waals surface area contributed by atoms with E-state index < -0.39 is 6.10 Å². The van der Waals surface area contributed by atoms with Gasteiger partial charge in [-0.15, -0.1) is 0 Å². The first-order valence-corrected chi connectivity index (χ1v) is 8.59. The van der Waals surface area contributed by atoms with Gasteiger partial charge in [-0.25, -0.2) is 0 Å². The van der Waals surface area contributed by atoms with Crippen LogP contribution in [0.4, 0.5) is 0 Å². The molecular weight excluding hydrogens is 314 g/mol. The molecule has 2 aromatic rings. The number of amides is 1. The van der Waals surface area contributed by atoms with E-state index in [1.165, 1.54) is 0 Å². The molecular formula is C21H27NO3. The minimum absolute atomic E-state index is 0.0118. The third kappa shape index (κ3) is 5.82. The van der Waals surface area contributed by atoms with Gasteiger partial charge in [0.05, 0.1) is 6.54 Å². The SMILES string of the molecule is C[C@@H](Oc1ccccc1)C(=O)NCCOc1ccccc1C(C)(C)C. The maximum absolute atomic E-state index is 12.1. The average Bonchev–Trinajstić information content (AvgIpc) is 2.59. The standard InChI is InChI=1S/C21H27NO3/c1-16(25-17-10-6-5-7-11-17)20(23)22-14-15-24-19-13-9-8-12-18(19)21(2,3)4/h5-13,16H,14-15H2,1-4H3,(H,22,23)/t16-/m1/s1. The van der Waals surface area contributed by atoms with Crippen molar-refractivity contribution in [3.63, 3.8) is 0 Å². The summed E-state index contributed by atoms with van der Waals surface area (Å²) in [5.74, 6) is 1.38. The molecule has 4 heteroatoms. The van der Waals surface area contributed by atoms with E-state index in [9.17, 15) is 4.79 Å². The summed E-state index contributed by atoms with van der Waals surface area (Å²) in [6.45, 7) is 9.04. The lowest BCUT2D eigenvalue weighted by Gasteiger charge is -2.22. The molecule has 25 heavy (non-hydrogen) atoms. The number of hydrogen-bond donors (Lipinski definition) is 1. The van der Waals surface area contributed by atoms with Gasteiger partial charge >= 0.3 is 0 Å².